The van der Waals surface area contributed by atoms with Gasteiger partial charge in [0, 0.05) is 45.5 Å². The highest BCUT2D eigenvalue weighted by atomic mass is 16.2. The Morgan fingerprint density at radius 2 is 2.22 bits per heavy atom. The molecule has 1 amide bonds. The molecule has 0 spiro atoms. The third-order valence-electron chi connectivity index (χ3n) is 2.93. The van der Waals surface area contributed by atoms with Gasteiger partial charge in [0.1, 0.15) is 0 Å². The number of aryl methyl sites for hydroxylation is 1. The predicted molar refractivity (Wildman–Crippen MR) is 67.0 cm³/mol. The fourth-order valence-electron chi connectivity index (χ4n) is 1.95. The summed E-state index contributed by atoms with van der Waals surface area (Å²) in [6.07, 6.45) is 4.35. The zero-order chi connectivity index (χ0) is 12.6. The van der Waals surface area contributed by atoms with E-state index in [9.17, 15) is 4.79 Å². The molecule has 2 heterocycles. The topological polar surface area (TPSA) is 75.1 Å². The van der Waals surface area contributed by atoms with E-state index in [2.05, 4.69) is 25.8 Å². The second kappa shape index (κ2) is 7.07. The molecule has 0 radical (unpaired) electrons. The van der Waals surface area contributed by atoms with Crippen molar-refractivity contribution >= 4 is 5.91 Å². The molecule has 0 unspecified atom stereocenters. The fraction of sp³-hybridized carbons (Fsp3) is 0.727. The van der Waals surface area contributed by atoms with Crippen molar-refractivity contribution in [3.8, 4) is 0 Å². The molecular weight excluding hydrogens is 232 g/mol. The van der Waals surface area contributed by atoms with Gasteiger partial charge in [-0.25, -0.2) is 0 Å². The number of carbonyl (C=O) groups excluding carboxylic acids is 1. The van der Waals surface area contributed by atoms with Crippen molar-refractivity contribution in [3.05, 3.63) is 12.4 Å². The number of aromatic nitrogens is 3. The molecule has 2 N–H and O–H groups in total. The molecule has 100 valence electrons. The summed E-state index contributed by atoms with van der Waals surface area (Å²) in [4.78, 5) is 13.8. The van der Waals surface area contributed by atoms with Crippen molar-refractivity contribution in [2.24, 2.45) is 0 Å². The summed E-state index contributed by atoms with van der Waals surface area (Å²) in [6, 6.07) is 0. The normalized spacial score (nSPS) is 16.7. The van der Waals surface area contributed by atoms with Crippen LogP contribution in [0.2, 0.25) is 0 Å². The molecule has 2 rings (SSSR count). The van der Waals surface area contributed by atoms with Gasteiger partial charge >= 0.3 is 0 Å². The minimum Gasteiger partial charge on any atom is -0.355 e. The van der Waals surface area contributed by atoms with Crippen molar-refractivity contribution in [2.75, 3.05) is 39.3 Å². The van der Waals surface area contributed by atoms with Gasteiger partial charge in [-0.2, -0.15) is 0 Å². The maximum Gasteiger partial charge on any atom is 0.234 e. The van der Waals surface area contributed by atoms with E-state index < -0.39 is 0 Å². The Balaban J connectivity index is 1.54. The lowest BCUT2D eigenvalue weighted by molar-refractivity contribution is -0.122. The highest BCUT2D eigenvalue weighted by Crippen LogP contribution is 1.91. The zero-order valence-corrected chi connectivity index (χ0v) is 10.5. The van der Waals surface area contributed by atoms with E-state index >= 15 is 0 Å². The molecule has 0 bridgehead atoms. The van der Waals surface area contributed by atoms with Crippen LogP contribution in [0, 0.1) is 0 Å². The molecule has 0 aliphatic carbocycles. The van der Waals surface area contributed by atoms with Crippen molar-refractivity contribution in [3.63, 3.8) is 0 Å². The van der Waals surface area contributed by atoms with Crippen LogP contribution in [-0.2, 0) is 11.3 Å². The van der Waals surface area contributed by atoms with Gasteiger partial charge < -0.3 is 10.6 Å². The van der Waals surface area contributed by atoms with E-state index in [1.54, 1.807) is 10.9 Å². The highest BCUT2D eigenvalue weighted by molar-refractivity contribution is 5.77. The molecule has 7 heteroatoms. The second-order valence-corrected chi connectivity index (χ2v) is 4.40. The maximum absolute atomic E-state index is 11.7. The first-order valence-corrected chi connectivity index (χ1v) is 6.38. The van der Waals surface area contributed by atoms with Gasteiger partial charge in [0.2, 0.25) is 5.91 Å². The third-order valence-corrected chi connectivity index (χ3v) is 2.93. The molecule has 0 saturated carbocycles. The lowest BCUT2D eigenvalue weighted by Crippen LogP contribution is -2.47. The first kappa shape index (κ1) is 13.0. The summed E-state index contributed by atoms with van der Waals surface area (Å²) < 4.78 is 1.77. The Hall–Kier alpha value is -1.47. The van der Waals surface area contributed by atoms with Crippen LogP contribution < -0.4 is 10.6 Å². The first-order valence-electron chi connectivity index (χ1n) is 6.38. The molecule has 1 aliphatic rings. The smallest absolute Gasteiger partial charge is 0.234 e. The highest BCUT2D eigenvalue weighted by Gasteiger charge is 2.12. The van der Waals surface area contributed by atoms with Gasteiger partial charge in [-0.05, 0) is 6.42 Å². The number of nitrogens with one attached hydrogen (secondary N) is 2. The lowest BCUT2D eigenvalue weighted by atomic mass is 10.3. The summed E-state index contributed by atoms with van der Waals surface area (Å²) in [5.74, 6) is 0.107. The van der Waals surface area contributed by atoms with Crippen LogP contribution in [0.3, 0.4) is 0 Å². The molecule has 18 heavy (non-hydrogen) atoms. The van der Waals surface area contributed by atoms with Crippen LogP contribution >= 0.6 is 0 Å². The third kappa shape index (κ3) is 4.42. The lowest BCUT2D eigenvalue weighted by Gasteiger charge is -2.26. The monoisotopic (exact) mass is 252 g/mol. The molecule has 1 aliphatic heterocycles. The zero-order valence-electron chi connectivity index (χ0n) is 10.5. The number of rotatable bonds is 6. The molecule has 1 saturated heterocycles. The van der Waals surface area contributed by atoms with E-state index in [4.69, 9.17) is 0 Å². The molecule has 0 aromatic carbocycles. The van der Waals surface area contributed by atoms with Crippen LogP contribution in [0.4, 0.5) is 0 Å². The van der Waals surface area contributed by atoms with Crippen LogP contribution in [0.15, 0.2) is 12.4 Å². The average molecular weight is 252 g/mol. The average Bonchev–Trinajstić information content (AvgIpc) is 2.89. The van der Waals surface area contributed by atoms with Crippen LogP contribution in [0.25, 0.3) is 0 Å². The number of hydrogen-bond donors (Lipinski definition) is 2. The Morgan fingerprint density at radius 3 is 2.94 bits per heavy atom. The second-order valence-electron chi connectivity index (χ2n) is 4.40. The first-order chi connectivity index (χ1) is 8.84. The van der Waals surface area contributed by atoms with E-state index in [0.29, 0.717) is 13.1 Å². The number of carbonyl (C=O) groups is 1. The summed E-state index contributed by atoms with van der Waals surface area (Å²) >= 11 is 0. The van der Waals surface area contributed by atoms with Gasteiger partial charge in [-0.3, -0.25) is 14.4 Å². The van der Waals surface area contributed by atoms with Crippen molar-refractivity contribution < 1.29 is 4.79 Å². The molecule has 7 nitrogen and oxygen atoms in total. The SMILES string of the molecule is O=C(CN1CCNCC1)NCCCn1ccnn1. The molecule has 0 atom stereocenters. The van der Waals surface area contributed by atoms with E-state index in [1.807, 2.05) is 6.20 Å². The minimum atomic E-state index is 0.107. The summed E-state index contributed by atoms with van der Waals surface area (Å²) in [5.41, 5.74) is 0. The predicted octanol–water partition coefficient (Wildman–Crippen LogP) is -1.31. The molecule has 1 fully saturated rings. The van der Waals surface area contributed by atoms with Gasteiger partial charge in [0.15, 0.2) is 0 Å². The van der Waals surface area contributed by atoms with Crippen molar-refractivity contribution in [1.82, 2.24) is 30.5 Å². The summed E-state index contributed by atoms with van der Waals surface area (Å²) in [6.45, 7) is 5.82. The number of amides is 1. The standard InChI is InChI=1S/C11H20N6O/c18-11(10-16-7-3-12-4-8-16)13-2-1-6-17-9-5-14-15-17/h5,9,12H,1-4,6-8,10H2,(H,13,18). The largest absolute Gasteiger partial charge is 0.355 e. The van der Waals surface area contributed by atoms with Crippen molar-refractivity contribution in [1.29, 1.82) is 0 Å². The van der Waals surface area contributed by atoms with Crippen LogP contribution in [-0.4, -0.2) is 65.1 Å². The van der Waals surface area contributed by atoms with Gasteiger partial charge in [0.05, 0.1) is 12.7 Å². The Bertz CT molecular complexity index is 346. The summed E-state index contributed by atoms with van der Waals surface area (Å²) in [7, 11) is 0. The van der Waals surface area contributed by atoms with Crippen LogP contribution in [0.5, 0.6) is 0 Å². The van der Waals surface area contributed by atoms with Gasteiger partial charge in [0.25, 0.3) is 0 Å². The minimum absolute atomic E-state index is 0.107. The quantitative estimate of drug-likeness (QED) is 0.615. The van der Waals surface area contributed by atoms with Crippen molar-refractivity contribution in [2.45, 2.75) is 13.0 Å². The molecule has 1 aromatic heterocycles. The number of hydrogen-bond acceptors (Lipinski definition) is 5. The van der Waals surface area contributed by atoms with E-state index in [1.165, 1.54) is 0 Å². The molecular formula is C11H20N6O. The summed E-state index contributed by atoms with van der Waals surface area (Å²) in [5, 5.41) is 13.8. The van der Waals surface area contributed by atoms with E-state index in [0.717, 1.165) is 39.1 Å². The van der Waals surface area contributed by atoms with Gasteiger partial charge in [-0.1, -0.05) is 5.21 Å². The Kier molecular flexibility index (Phi) is 5.10. The molecule has 1 aromatic rings. The maximum atomic E-state index is 11.7. The fourth-order valence-corrected chi connectivity index (χ4v) is 1.95. The van der Waals surface area contributed by atoms with Crippen LogP contribution in [0.1, 0.15) is 6.42 Å². The Labute approximate surface area is 107 Å². The Morgan fingerprint density at radius 1 is 1.39 bits per heavy atom. The number of piperazine rings is 1. The van der Waals surface area contributed by atoms with E-state index in [-0.39, 0.29) is 5.91 Å². The number of nitrogens with zero attached hydrogens (tertiary/aromatic N) is 4. The van der Waals surface area contributed by atoms with Gasteiger partial charge in [-0.15, -0.1) is 5.10 Å².